The molecule has 0 aliphatic rings. The Bertz CT molecular complexity index is 356. The minimum atomic E-state index is -0.714. The fourth-order valence-corrected chi connectivity index (χ4v) is 1.05. The molecule has 0 N–H and O–H groups in total. The first-order valence-electron chi connectivity index (χ1n) is 3.54. The molecule has 0 atom stereocenters. The minimum Gasteiger partial charge on any atom is -0.488 e. The second-order valence-electron chi connectivity index (χ2n) is 2.56. The highest BCUT2D eigenvalue weighted by molar-refractivity contribution is 6.32. The van der Waals surface area contributed by atoms with Crippen LogP contribution in [0.3, 0.4) is 0 Å². The van der Waals surface area contributed by atoms with Gasteiger partial charge in [-0.05, 0) is 6.07 Å². The van der Waals surface area contributed by atoms with Gasteiger partial charge in [0, 0.05) is 6.07 Å². The van der Waals surface area contributed by atoms with Crippen LogP contribution < -0.4 is 10.2 Å². The van der Waals surface area contributed by atoms with Gasteiger partial charge in [-0.2, -0.15) is 0 Å². The predicted molar refractivity (Wildman–Crippen MR) is 47.8 cm³/mol. The Hall–Kier alpha value is -1.59. The molecule has 0 unspecified atom stereocenters. The number of hydrogen-bond acceptors (Lipinski definition) is 3. The van der Waals surface area contributed by atoms with Crippen molar-refractivity contribution in [1.82, 2.24) is 0 Å². The molecule has 0 amide bonds. The van der Waals surface area contributed by atoms with Gasteiger partial charge in [0.1, 0.15) is 7.85 Å². The Morgan fingerprint density at radius 1 is 1.62 bits per heavy atom. The molecule has 1 aromatic carbocycles. The molecular weight excluding hydrogens is 176 g/mol. The summed E-state index contributed by atoms with van der Waals surface area (Å²) < 4.78 is 17.6. The molecule has 0 aliphatic carbocycles. The second kappa shape index (κ2) is 3.43. The lowest BCUT2D eigenvalue weighted by Gasteiger charge is -2.03. The number of benzene rings is 1. The summed E-state index contributed by atoms with van der Waals surface area (Å²) in [5.41, 5.74) is 0.144. The summed E-state index contributed by atoms with van der Waals surface area (Å²) in [7, 11) is 2.77. The molecule has 1 rings (SSSR count). The van der Waals surface area contributed by atoms with Gasteiger partial charge in [0.15, 0.2) is 5.82 Å². The van der Waals surface area contributed by atoms with E-state index in [1.165, 1.54) is 19.2 Å². The zero-order chi connectivity index (χ0) is 10.0. The van der Waals surface area contributed by atoms with Crippen molar-refractivity contribution >= 4 is 19.0 Å². The number of nitro benzene ring substituents is 1. The Labute approximate surface area is 74.9 Å². The molecule has 0 heterocycles. The van der Waals surface area contributed by atoms with Crippen molar-refractivity contribution in [2.45, 2.75) is 0 Å². The van der Waals surface area contributed by atoms with E-state index in [0.717, 1.165) is 0 Å². The van der Waals surface area contributed by atoms with Gasteiger partial charge >= 0.3 is 5.69 Å². The SMILES string of the molecule is Bc1cc(F)c(OC)c([N+](=O)[O-])c1. The Balaban J connectivity index is 3.38. The van der Waals surface area contributed by atoms with Crippen molar-refractivity contribution in [3.63, 3.8) is 0 Å². The van der Waals surface area contributed by atoms with Crippen molar-refractivity contribution in [1.29, 1.82) is 0 Å². The van der Waals surface area contributed by atoms with E-state index in [-0.39, 0.29) is 11.4 Å². The van der Waals surface area contributed by atoms with E-state index < -0.39 is 10.7 Å². The molecular formula is C7H7BFNO3. The number of methoxy groups -OCH3 is 1. The summed E-state index contributed by atoms with van der Waals surface area (Å²) in [6, 6.07) is 2.45. The van der Waals surface area contributed by atoms with Crippen LogP contribution >= 0.6 is 0 Å². The van der Waals surface area contributed by atoms with E-state index in [9.17, 15) is 14.5 Å². The maximum atomic E-state index is 13.0. The Morgan fingerprint density at radius 2 is 2.23 bits per heavy atom. The first kappa shape index (κ1) is 9.50. The van der Waals surface area contributed by atoms with Crippen molar-refractivity contribution in [3.05, 3.63) is 28.1 Å². The molecule has 0 aromatic heterocycles. The molecule has 1 aromatic rings. The zero-order valence-electron chi connectivity index (χ0n) is 7.20. The average molecular weight is 183 g/mol. The summed E-state index contributed by atoms with van der Waals surface area (Å²) in [5, 5.41) is 10.4. The van der Waals surface area contributed by atoms with Crippen molar-refractivity contribution in [3.8, 4) is 5.75 Å². The average Bonchev–Trinajstić information content (AvgIpc) is 2.02. The highest BCUT2D eigenvalue weighted by Crippen LogP contribution is 2.27. The number of rotatable bonds is 2. The molecule has 0 saturated heterocycles. The minimum absolute atomic E-state index is 0.324. The monoisotopic (exact) mass is 183 g/mol. The van der Waals surface area contributed by atoms with Gasteiger partial charge in [-0.25, -0.2) is 4.39 Å². The largest absolute Gasteiger partial charge is 0.488 e. The van der Waals surface area contributed by atoms with Gasteiger partial charge in [0.05, 0.1) is 12.0 Å². The van der Waals surface area contributed by atoms with Gasteiger partial charge in [-0.15, -0.1) is 0 Å². The maximum absolute atomic E-state index is 13.0. The number of nitro groups is 1. The van der Waals surface area contributed by atoms with Crippen molar-refractivity contribution in [2.75, 3.05) is 7.11 Å². The third-order valence-corrected chi connectivity index (χ3v) is 1.57. The van der Waals surface area contributed by atoms with Gasteiger partial charge in [-0.1, -0.05) is 5.46 Å². The molecule has 13 heavy (non-hydrogen) atoms. The molecule has 0 spiro atoms. The maximum Gasteiger partial charge on any atom is 0.313 e. The lowest BCUT2D eigenvalue weighted by atomic mass is 9.95. The van der Waals surface area contributed by atoms with Crippen molar-refractivity contribution in [2.24, 2.45) is 0 Å². The van der Waals surface area contributed by atoms with E-state index in [0.29, 0.717) is 5.46 Å². The second-order valence-corrected chi connectivity index (χ2v) is 2.56. The van der Waals surface area contributed by atoms with Gasteiger partial charge in [0.25, 0.3) is 0 Å². The molecule has 0 radical (unpaired) electrons. The van der Waals surface area contributed by atoms with E-state index in [1.54, 1.807) is 7.85 Å². The van der Waals surface area contributed by atoms with Crippen LogP contribution in [0.2, 0.25) is 0 Å². The van der Waals surface area contributed by atoms with E-state index in [1.807, 2.05) is 0 Å². The van der Waals surface area contributed by atoms with E-state index in [4.69, 9.17) is 0 Å². The zero-order valence-corrected chi connectivity index (χ0v) is 7.20. The van der Waals surface area contributed by atoms with Crippen LogP contribution in [0.25, 0.3) is 0 Å². The third-order valence-electron chi connectivity index (χ3n) is 1.57. The standard InChI is InChI=1S/C7H7BFNO3/c1-13-7-5(9)2-4(8)3-6(7)10(11)12/h2-3H,8H2,1H3. The van der Waals surface area contributed by atoms with Crippen LogP contribution in [0.1, 0.15) is 0 Å². The van der Waals surface area contributed by atoms with Crippen LogP contribution in [0, 0.1) is 15.9 Å². The van der Waals surface area contributed by atoms with Crippen LogP contribution in [-0.4, -0.2) is 19.9 Å². The molecule has 0 saturated carbocycles. The van der Waals surface area contributed by atoms with Crippen LogP contribution in [-0.2, 0) is 0 Å². The van der Waals surface area contributed by atoms with E-state index in [2.05, 4.69) is 4.74 Å². The first-order valence-corrected chi connectivity index (χ1v) is 3.54. The molecule has 0 aliphatic heterocycles. The highest BCUT2D eigenvalue weighted by atomic mass is 19.1. The van der Waals surface area contributed by atoms with Gasteiger partial charge in [-0.3, -0.25) is 10.1 Å². The topological polar surface area (TPSA) is 52.4 Å². The van der Waals surface area contributed by atoms with Crippen LogP contribution in [0.15, 0.2) is 12.1 Å². The molecule has 68 valence electrons. The summed E-state index contributed by atoms with van der Waals surface area (Å²) in [5.74, 6) is -1.04. The summed E-state index contributed by atoms with van der Waals surface area (Å²) in [6.45, 7) is 0. The fraction of sp³-hybridized carbons (Fsp3) is 0.143. The molecule has 6 heteroatoms. The predicted octanol–water partition coefficient (Wildman–Crippen LogP) is 0.000900. The summed E-state index contributed by atoms with van der Waals surface area (Å²) in [6.07, 6.45) is 0. The fourth-order valence-electron chi connectivity index (χ4n) is 1.05. The van der Waals surface area contributed by atoms with Crippen molar-refractivity contribution < 1.29 is 14.1 Å². The van der Waals surface area contributed by atoms with E-state index >= 15 is 0 Å². The quantitative estimate of drug-likeness (QED) is 0.368. The van der Waals surface area contributed by atoms with Crippen LogP contribution in [0.5, 0.6) is 5.75 Å². The normalized spacial score (nSPS) is 9.69. The molecule has 4 nitrogen and oxygen atoms in total. The molecule has 0 fully saturated rings. The summed E-state index contributed by atoms with van der Waals surface area (Å²) >= 11 is 0. The smallest absolute Gasteiger partial charge is 0.313 e. The number of halogens is 1. The third kappa shape index (κ3) is 1.77. The number of hydrogen-bond donors (Lipinski definition) is 0. The number of nitrogens with zero attached hydrogens (tertiary/aromatic N) is 1. The Kier molecular flexibility index (Phi) is 2.50. The lowest BCUT2D eigenvalue weighted by Crippen LogP contribution is -2.07. The lowest BCUT2D eigenvalue weighted by molar-refractivity contribution is -0.385. The highest BCUT2D eigenvalue weighted by Gasteiger charge is 2.19. The number of ether oxygens (including phenoxy) is 1. The van der Waals surface area contributed by atoms with Crippen LogP contribution in [0.4, 0.5) is 10.1 Å². The summed E-state index contributed by atoms with van der Waals surface area (Å²) in [4.78, 5) is 9.77. The van der Waals surface area contributed by atoms with Gasteiger partial charge in [0.2, 0.25) is 5.75 Å². The Morgan fingerprint density at radius 3 is 2.69 bits per heavy atom. The molecule has 0 bridgehead atoms. The first-order chi connectivity index (χ1) is 6.06. The van der Waals surface area contributed by atoms with Gasteiger partial charge < -0.3 is 4.74 Å².